The van der Waals surface area contributed by atoms with Gasteiger partial charge in [-0.3, -0.25) is 62.3 Å². The summed E-state index contributed by atoms with van der Waals surface area (Å²) < 4.78 is 45.6. The third-order valence-electron chi connectivity index (χ3n) is 21.3. The van der Waals surface area contributed by atoms with Gasteiger partial charge in [0.1, 0.15) is 48.3 Å². The van der Waals surface area contributed by atoms with Gasteiger partial charge >= 0.3 is 6.36 Å². The Bertz CT molecular complexity index is 2800. The molecular formula is C71H118ClF3N12O13. The second kappa shape index (κ2) is 39.4. The quantitative estimate of drug-likeness (QED) is 0.149. The summed E-state index contributed by atoms with van der Waals surface area (Å²) in [5.74, 6) is -10.1. The van der Waals surface area contributed by atoms with Gasteiger partial charge in [-0.25, -0.2) is 0 Å². The standard InChI is InChI=1S/C71H118ClF3N12O13/c1-15-45(6)62-70(99)82(10)41-60(90)80(8)42-61(91)84(12)56(38-48-27-29-50(72)30-28-48)68(97)81(9)40-58(88)76-52(36-49-25-22-26-51(35-49)100-71(73,74)75)64(93)77-53(33-43(2)3)66(95)86(14)57(37-47-23-18-16-19-24-47)69(98)85(13)55(34-44(4)5)65(94)78-54(67(96)87-31-20-17-21-32-87)39-59(89)83(11)46(7)63(92)79-62/h43-57,62H,15-42H2,1-14H3,(H,76,88)(H,77,93)(H,78,94)(H,79,92)/t45-,46-,48?,49?,50?,51?,52-,53-,54-,55-,56-,57-,62-/m0/s1. The van der Waals surface area contributed by atoms with E-state index in [1.54, 1.807) is 11.8 Å². The van der Waals surface area contributed by atoms with Crippen LogP contribution in [0.1, 0.15) is 196 Å². The van der Waals surface area contributed by atoms with Crippen LogP contribution in [0, 0.1) is 35.5 Å². The normalized spacial score (nSPS) is 29.6. The van der Waals surface area contributed by atoms with Gasteiger partial charge in [0.15, 0.2) is 0 Å². The van der Waals surface area contributed by atoms with Crippen LogP contribution in [0.25, 0.3) is 0 Å². The number of likely N-dealkylation sites (tertiary alicyclic amines) is 1. The molecule has 5 aliphatic rings. The third kappa shape index (κ3) is 25.3. The second-order valence-corrected chi connectivity index (χ2v) is 30.9. The van der Waals surface area contributed by atoms with E-state index in [1.165, 1.54) is 71.0 Å². The molecule has 3 saturated carbocycles. The van der Waals surface area contributed by atoms with Crippen LogP contribution in [0.5, 0.6) is 0 Å². The predicted octanol–water partition coefficient (Wildman–Crippen LogP) is 5.83. The van der Waals surface area contributed by atoms with Gasteiger partial charge in [0, 0.05) is 67.8 Å². The van der Waals surface area contributed by atoms with E-state index in [4.69, 9.17) is 11.6 Å². The maximum absolute atomic E-state index is 15.6. The molecule has 4 N–H and O–H groups in total. The number of alkyl halides is 4. The minimum Gasteiger partial charge on any atom is -0.343 e. The van der Waals surface area contributed by atoms with Gasteiger partial charge in [-0.05, 0) is 132 Å². The van der Waals surface area contributed by atoms with Crippen LogP contribution < -0.4 is 21.3 Å². The van der Waals surface area contributed by atoms with Crippen molar-refractivity contribution < 1.29 is 75.4 Å². The highest BCUT2D eigenvalue weighted by Gasteiger charge is 2.44. The molecule has 100 heavy (non-hydrogen) atoms. The van der Waals surface area contributed by atoms with E-state index in [0.717, 1.165) is 58.1 Å². The highest BCUT2D eigenvalue weighted by atomic mass is 35.5. The predicted molar refractivity (Wildman–Crippen MR) is 371 cm³/mol. The van der Waals surface area contributed by atoms with Crippen LogP contribution in [-0.2, 0) is 62.3 Å². The smallest absolute Gasteiger partial charge is 0.343 e. The molecule has 2 saturated heterocycles. The zero-order chi connectivity index (χ0) is 74.6. The Labute approximate surface area is 595 Å². The Hall–Kier alpha value is -6.32. The first-order valence-corrected chi connectivity index (χ1v) is 37.0. The summed E-state index contributed by atoms with van der Waals surface area (Å²) in [5, 5.41) is 11.2. The highest BCUT2D eigenvalue weighted by Crippen LogP contribution is 2.36. The Balaban J connectivity index is 1.63. The SMILES string of the molecule is CC[C@H](C)[C@@H]1NC(=O)[C@H](C)N(C)C(=O)C[C@@H](C(=O)N2CCCCC2)NC(=O)[C@H](CC(C)C)N(C)C(=O)[C@H](CC2CCCCC2)N(C)C(=O)[C@H](CC(C)C)NC(=O)[C@H](CC2CCCC(OC(F)(F)F)C2)NC(=O)CN(C)C(=O)[C@H](CC2CCC(Cl)CC2)N(C)C(=O)CN(C)C(=O)CN(C)C1=O. The average molecular weight is 1440 g/mol. The number of nitrogens with one attached hydrogen (secondary N) is 4. The topological polar surface area (TPSA) is 288 Å². The van der Waals surface area contributed by atoms with E-state index in [0.29, 0.717) is 70.9 Å². The first kappa shape index (κ1) is 84.3. The molecule has 5 fully saturated rings. The molecule has 0 aromatic rings. The van der Waals surface area contributed by atoms with Crippen LogP contribution in [-0.4, -0.2) is 258 Å². The number of carbonyl (C=O) groups is 12. The molecule has 0 aromatic carbocycles. The van der Waals surface area contributed by atoms with Crippen LogP contribution >= 0.6 is 11.6 Å². The van der Waals surface area contributed by atoms with E-state index in [-0.39, 0.29) is 74.0 Å². The van der Waals surface area contributed by atoms with E-state index in [2.05, 4.69) is 26.0 Å². The summed E-state index contributed by atoms with van der Waals surface area (Å²) in [6.07, 6.45) is 3.49. The number of rotatable bonds is 14. The lowest BCUT2D eigenvalue weighted by atomic mass is 9.82. The zero-order valence-corrected chi connectivity index (χ0v) is 62.7. The van der Waals surface area contributed by atoms with Crippen molar-refractivity contribution in [1.82, 2.24) is 60.5 Å². The third-order valence-corrected chi connectivity index (χ3v) is 21.8. The first-order valence-electron chi connectivity index (χ1n) is 36.6. The minimum absolute atomic E-state index is 0.0273. The molecule has 2 unspecified atom stereocenters. The monoisotopic (exact) mass is 1440 g/mol. The van der Waals surface area contributed by atoms with Crippen molar-refractivity contribution >= 4 is 82.5 Å². The Morgan fingerprint density at radius 3 is 1.66 bits per heavy atom. The number of carbonyl (C=O) groups excluding carboxylic acids is 12. The number of ether oxygens (including phenoxy) is 1. The summed E-state index contributed by atoms with van der Waals surface area (Å²) in [4.78, 5) is 187. The Morgan fingerprint density at radius 1 is 0.520 bits per heavy atom. The van der Waals surface area contributed by atoms with Crippen molar-refractivity contribution in [3.8, 4) is 0 Å². The fourth-order valence-corrected chi connectivity index (χ4v) is 14.9. The van der Waals surface area contributed by atoms with Crippen LogP contribution in [0.2, 0.25) is 0 Å². The van der Waals surface area contributed by atoms with Crippen molar-refractivity contribution in [2.24, 2.45) is 35.5 Å². The van der Waals surface area contributed by atoms with E-state index in [9.17, 15) is 51.5 Å². The maximum Gasteiger partial charge on any atom is 0.522 e. The number of hydrogen-bond donors (Lipinski definition) is 4. The number of piperidine rings is 1. The lowest BCUT2D eigenvalue weighted by molar-refractivity contribution is -0.346. The summed E-state index contributed by atoms with van der Waals surface area (Å²) in [7, 11) is 9.76. The number of nitrogens with zero attached hydrogens (tertiary/aromatic N) is 8. The largest absolute Gasteiger partial charge is 0.522 e. The molecule has 0 aromatic heterocycles. The summed E-state index contributed by atoms with van der Waals surface area (Å²) in [6.45, 7) is 11.3. The number of halogens is 4. The average Bonchev–Trinajstić information content (AvgIpc) is 0.763. The molecule has 25 nitrogen and oxygen atoms in total. The summed E-state index contributed by atoms with van der Waals surface area (Å²) >= 11 is 6.50. The minimum atomic E-state index is -4.94. The summed E-state index contributed by atoms with van der Waals surface area (Å²) in [5.41, 5.74) is 0. The molecular weight excluding hydrogens is 1320 g/mol. The van der Waals surface area contributed by atoms with Crippen molar-refractivity contribution in [3.05, 3.63) is 0 Å². The molecule has 0 spiro atoms. The van der Waals surface area contributed by atoms with Crippen LogP contribution in [0.4, 0.5) is 13.2 Å². The van der Waals surface area contributed by atoms with Gasteiger partial charge in [0.25, 0.3) is 0 Å². The molecule has 11 atom stereocenters. The lowest BCUT2D eigenvalue weighted by Gasteiger charge is -2.39. The highest BCUT2D eigenvalue weighted by molar-refractivity contribution is 6.20. The Morgan fingerprint density at radius 2 is 1.07 bits per heavy atom. The molecule has 29 heteroatoms. The molecule has 0 bridgehead atoms. The number of likely N-dealkylation sites (N-methyl/N-ethyl adjacent to an activating group) is 7. The van der Waals surface area contributed by atoms with Crippen molar-refractivity contribution in [1.29, 1.82) is 0 Å². The van der Waals surface area contributed by atoms with Gasteiger partial charge in [-0.2, -0.15) is 0 Å². The van der Waals surface area contributed by atoms with Gasteiger partial charge < -0.3 is 60.5 Å². The van der Waals surface area contributed by atoms with Crippen LogP contribution in [0.3, 0.4) is 0 Å². The molecule has 2 heterocycles. The zero-order valence-electron chi connectivity index (χ0n) is 61.9. The maximum atomic E-state index is 15.6. The number of amides is 12. The van der Waals surface area contributed by atoms with Crippen molar-refractivity contribution in [2.45, 2.75) is 262 Å². The van der Waals surface area contributed by atoms with Crippen LogP contribution in [0.15, 0.2) is 0 Å². The fraction of sp³-hybridized carbons (Fsp3) is 0.831. The van der Waals surface area contributed by atoms with Gasteiger partial charge in [0.05, 0.1) is 32.2 Å². The molecule has 3 aliphatic carbocycles. The molecule has 0 radical (unpaired) electrons. The number of hydrogen-bond acceptors (Lipinski definition) is 13. The van der Waals surface area contributed by atoms with Gasteiger partial charge in [-0.15, -0.1) is 24.8 Å². The molecule has 568 valence electrons. The van der Waals surface area contributed by atoms with Gasteiger partial charge in [0.2, 0.25) is 70.9 Å². The molecule has 5 rings (SSSR count). The summed E-state index contributed by atoms with van der Waals surface area (Å²) in [6, 6.07) is -10.4. The van der Waals surface area contributed by atoms with E-state index in [1.807, 2.05) is 34.6 Å². The fourth-order valence-electron chi connectivity index (χ4n) is 14.7. The molecule has 2 aliphatic heterocycles. The Kier molecular flexibility index (Phi) is 33.2. The van der Waals surface area contributed by atoms with Gasteiger partial charge in [-0.1, -0.05) is 92.9 Å². The van der Waals surface area contributed by atoms with E-state index < -0.39 is 170 Å². The van der Waals surface area contributed by atoms with E-state index >= 15 is 19.2 Å². The van der Waals surface area contributed by atoms with Crippen molar-refractivity contribution in [2.75, 3.05) is 82.1 Å². The lowest BCUT2D eigenvalue weighted by Crippen LogP contribution is -2.61. The molecule has 12 amide bonds. The first-order chi connectivity index (χ1) is 46.9. The van der Waals surface area contributed by atoms with Crippen molar-refractivity contribution in [3.63, 3.8) is 0 Å². The second-order valence-electron chi connectivity index (χ2n) is 30.3.